The summed E-state index contributed by atoms with van der Waals surface area (Å²) in [5.41, 5.74) is 0.667. The van der Waals surface area contributed by atoms with Gasteiger partial charge in [-0.15, -0.1) is 0 Å². The molecule has 1 saturated heterocycles. The number of carbonyl (C=O) groups excluding carboxylic acids is 2. The van der Waals surface area contributed by atoms with Crippen LogP contribution in [-0.4, -0.2) is 36.1 Å². The largest absolute Gasteiger partial charge is 0.454 e. The molecular weight excluding hydrogens is 284 g/mol. The lowest BCUT2D eigenvalue weighted by Crippen LogP contribution is -2.43. The van der Waals surface area contributed by atoms with Crippen LogP contribution in [-0.2, 0) is 9.59 Å². The molecule has 22 heavy (non-hydrogen) atoms. The van der Waals surface area contributed by atoms with Crippen LogP contribution in [0.15, 0.2) is 18.2 Å². The van der Waals surface area contributed by atoms with Gasteiger partial charge < -0.3 is 19.7 Å². The van der Waals surface area contributed by atoms with Crippen molar-refractivity contribution in [2.45, 2.75) is 31.7 Å². The zero-order chi connectivity index (χ0) is 15.1. The third-order valence-corrected chi connectivity index (χ3v) is 4.41. The van der Waals surface area contributed by atoms with Crippen LogP contribution in [0, 0.1) is 5.92 Å². The Hall–Kier alpha value is -2.24. The summed E-state index contributed by atoms with van der Waals surface area (Å²) in [6.07, 6.45) is 3.55. The summed E-state index contributed by atoms with van der Waals surface area (Å²) < 4.78 is 10.6. The smallest absolute Gasteiger partial charge is 0.247 e. The van der Waals surface area contributed by atoms with E-state index in [4.69, 9.17) is 9.47 Å². The second kappa shape index (κ2) is 5.19. The number of carbonyl (C=O) groups is 2. The summed E-state index contributed by atoms with van der Waals surface area (Å²) in [5, 5.41) is 2.89. The van der Waals surface area contributed by atoms with Crippen LogP contribution in [0.4, 0.5) is 5.69 Å². The van der Waals surface area contributed by atoms with Crippen LogP contribution < -0.4 is 14.8 Å². The maximum absolute atomic E-state index is 12.5. The van der Waals surface area contributed by atoms with Crippen molar-refractivity contribution in [3.8, 4) is 11.5 Å². The molecule has 1 atom stereocenters. The lowest BCUT2D eigenvalue weighted by atomic mass is 10.2. The van der Waals surface area contributed by atoms with E-state index in [1.54, 1.807) is 23.1 Å². The highest BCUT2D eigenvalue weighted by Gasteiger charge is 2.40. The normalized spacial score (nSPS) is 22.7. The van der Waals surface area contributed by atoms with E-state index in [1.807, 2.05) is 0 Å². The molecule has 2 aliphatic heterocycles. The maximum Gasteiger partial charge on any atom is 0.247 e. The standard InChI is InChI=1S/C16H18N2O4/c19-15(12-2-1-7-18(12)16(20)10-3-4-10)17-11-5-6-13-14(8-11)22-9-21-13/h5-6,8,10,12H,1-4,7,9H2,(H,17,19)/t12-/m0/s1. The Balaban J connectivity index is 1.46. The number of anilines is 1. The maximum atomic E-state index is 12.5. The quantitative estimate of drug-likeness (QED) is 0.923. The summed E-state index contributed by atoms with van der Waals surface area (Å²) in [4.78, 5) is 26.5. The second-order valence-corrected chi connectivity index (χ2v) is 6.02. The predicted molar refractivity (Wildman–Crippen MR) is 78.7 cm³/mol. The highest BCUT2D eigenvalue weighted by molar-refractivity contribution is 5.98. The second-order valence-electron chi connectivity index (χ2n) is 6.02. The fraction of sp³-hybridized carbons (Fsp3) is 0.500. The Labute approximate surface area is 128 Å². The predicted octanol–water partition coefficient (Wildman–Crippen LogP) is 1.75. The average Bonchev–Trinajstić information content (AvgIpc) is 3.07. The first-order valence-corrected chi connectivity index (χ1v) is 7.73. The lowest BCUT2D eigenvalue weighted by molar-refractivity contribution is -0.137. The van der Waals surface area contributed by atoms with E-state index in [0.29, 0.717) is 23.7 Å². The van der Waals surface area contributed by atoms with Gasteiger partial charge in [0.15, 0.2) is 11.5 Å². The van der Waals surface area contributed by atoms with Crippen molar-refractivity contribution in [3.05, 3.63) is 18.2 Å². The van der Waals surface area contributed by atoms with E-state index in [0.717, 1.165) is 25.7 Å². The molecule has 2 fully saturated rings. The van der Waals surface area contributed by atoms with Crippen LogP contribution in [0.25, 0.3) is 0 Å². The van der Waals surface area contributed by atoms with Gasteiger partial charge in [-0.2, -0.15) is 0 Å². The molecule has 1 N–H and O–H groups in total. The monoisotopic (exact) mass is 302 g/mol. The molecule has 1 aromatic rings. The number of nitrogens with one attached hydrogen (secondary N) is 1. The summed E-state index contributed by atoms with van der Waals surface area (Å²) >= 11 is 0. The van der Waals surface area contributed by atoms with Crippen LogP contribution in [0.5, 0.6) is 11.5 Å². The van der Waals surface area contributed by atoms with Crippen LogP contribution in [0.3, 0.4) is 0 Å². The summed E-state index contributed by atoms with van der Waals surface area (Å²) in [6, 6.07) is 4.97. The Bertz CT molecular complexity index is 627. The van der Waals surface area contributed by atoms with Crippen LogP contribution in [0.1, 0.15) is 25.7 Å². The SMILES string of the molecule is O=C(Nc1ccc2c(c1)OCO2)[C@@H]1CCCN1C(=O)C1CC1. The third kappa shape index (κ3) is 2.38. The van der Waals surface area contributed by atoms with Crippen molar-refractivity contribution in [3.63, 3.8) is 0 Å². The molecule has 1 saturated carbocycles. The Kier molecular flexibility index (Phi) is 3.17. The molecule has 1 aromatic carbocycles. The van der Waals surface area contributed by atoms with E-state index in [1.165, 1.54) is 0 Å². The number of hydrogen-bond donors (Lipinski definition) is 1. The first-order chi connectivity index (χ1) is 10.7. The number of rotatable bonds is 3. The van der Waals surface area contributed by atoms with Crippen molar-refractivity contribution < 1.29 is 19.1 Å². The molecule has 1 aliphatic carbocycles. The fourth-order valence-electron chi connectivity index (χ4n) is 3.07. The fourth-order valence-corrected chi connectivity index (χ4v) is 3.07. The van der Waals surface area contributed by atoms with Crippen molar-refractivity contribution in [1.29, 1.82) is 0 Å². The van der Waals surface area contributed by atoms with Gasteiger partial charge in [0.25, 0.3) is 0 Å². The highest BCUT2D eigenvalue weighted by Crippen LogP contribution is 2.35. The third-order valence-electron chi connectivity index (χ3n) is 4.41. The molecule has 0 radical (unpaired) electrons. The van der Waals surface area contributed by atoms with E-state index in [9.17, 15) is 9.59 Å². The van der Waals surface area contributed by atoms with Gasteiger partial charge in [-0.05, 0) is 37.8 Å². The number of benzene rings is 1. The molecule has 3 aliphatic rings. The average molecular weight is 302 g/mol. The van der Waals surface area contributed by atoms with Gasteiger partial charge in [0, 0.05) is 24.2 Å². The molecule has 116 valence electrons. The van der Waals surface area contributed by atoms with Crippen LogP contribution in [0.2, 0.25) is 0 Å². The molecule has 0 spiro atoms. The van der Waals surface area contributed by atoms with Gasteiger partial charge in [-0.25, -0.2) is 0 Å². The number of nitrogens with zero attached hydrogens (tertiary/aromatic N) is 1. The lowest BCUT2D eigenvalue weighted by Gasteiger charge is -2.24. The molecule has 4 rings (SSSR count). The van der Waals surface area contributed by atoms with E-state index < -0.39 is 0 Å². The minimum absolute atomic E-state index is 0.120. The number of likely N-dealkylation sites (tertiary alicyclic amines) is 1. The topological polar surface area (TPSA) is 67.9 Å². The van der Waals surface area contributed by atoms with Gasteiger partial charge >= 0.3 is 0 Å². The minimum Gasteiger partial charge on any atom is -0.454 e. The minimum atomic E-state index is -0.349. The Morgan fingerprint density at radius 3 is 2.77 bits per heavy atom. The summed E-state index contributed by atoms with van der Waals surface area (Å²) in [6.45, 7) is 0.896. The van der Waals surface area contributed by atoms with E-state index >= 15 is 0 Å². The van der Waals surface area contributed by atoms with Crippen molar-refractivity contribution in [2.24, 2.45) is 5.92 Å². The number of ether oxygens (including phenoxy) is 2. The molecule has 2 heterocycles. The van der Waals surface area contributed by atoms with Gasteiger partial charge in [-0.1, -0.05) is 0 Å². The Morgan fingerprint density at radius 1 is 1.14 bits per heavy atom. The summed E-state index contributed by atoms with van der Waals surface area (Å²) in [5.74, 6) is 1.49. The number of hydrogen-bond acceptors (Lipinski definition) is 4. The molecule has 0 aromatic heterocycles. The number of fused-ring (bicyclic) bond motifs is 1. The first-order valence-electron chi connectivity index (χ1n) is 7.73. The van der Waals surface area contributed by atoms with E-state index in [-0.39, 0.29) is 30.6 Å². The van der Waals surface area contributed by atoms with Crippen molar-refractivity contribution >= 4 is 17.5 Å². The molecule has 6 nitrogen and oxygen atoms in total. The van der Waals surface area contributed by atoms with E-state index in [2.05, 4.69) is 5.32 Å². The zero-order valence-electron chi connectivity index (χ0n) is 12.2. The highest BCUT2D eigenvalue weighted by atomic mass is 16.7. The van der Waals surface area contributed by atoms with Gasteiger partial charge in [0.05, 0.1) is 0 Å². The molecule has 6 heteroatoms. The summed E-state index contributed by atoms with van der Waals surface area (Å²) in [7, 11) is 0. The molecule has 2 amide bonds. The van der Waals surface area contributed by atoms with Crippen molar-refractivity contribution in [1.82, 2.24) is 4.90 Å². The van der Waals surface area contributed by atoms with Gasteiger partial charge in [0.1, 0.15) is 6.04 Å². The first kappa shape index (κ1) is 13.4. The molecule has 0 unspecified atom stereocenters. The zero-order valence-corrected chi connectivity index (χ0v) is 12.2. The van der Waals surface area contributed by atoms with Crippen molar-refractivity contribution in [2.75, 3.05) is 18.7 Å². The van der Waals surface area contributed by atoms with Gasteiger partial charge in [-0.3, -0.25) is 9.59 Å². The van der Waals surface area contributed by atoms with Crippen LogP contribution >= 0.6 is 0 Å². The Morgan fingerprint density at radius 2 is 1.95 bits per heavy atom. The van der Waals surface area contributed by atoms with Gasteiger partial charge in [0.2, 0.25) is 18.6 Å². The number of amides is 2. The molecular formula is C16H18N2O4. The molecule has 0 bridgehead atoms.